The number of nitrogens with zero attached hydrogens (tertiary/aromatic N) is 5. The SMILES string of the molecule is Fc1ccccc1CN(CCCn1ccnc1)Cc1ccnn1C1CCCCO1.O=C(O)CC(O)(CC(=O)O)C(=O)O. The fourth-order valence-corrected chi connectivity index (χ4v) is 4.56. The zero-order chi connectivity index (χ0) is 30.5. The summed E-state index contributed by atoms with van der Waals surface area (Å²) in [7, 11) is 0. The van der Waals surface area contributed by atoms with Crippen LogP contribution in [0.5, 0.6) is 0 Å². The Morgan fingerprint density at radius 1 is 1.05 bits per heavy atom. The number of rotatable bonds is 14. The van der Waals surface area contributed by atoms with Crippen LogP contribution in [-0.2, 0) is 38.8 Å². The molecule has 1 aliphatic heterocycles. The summed E-state index contributed by atoms with van der Waals surface area (Å²) in [4.78, 5) is 36.9. The summed E-state index contributed by atoms with van der Waals surface area (Å²) in [5, 5.41) is 38.3. The van der Waals surface area contributed by atoms with Crippen LogP contribution in [0.4, 0.5) is 4.39 Å². The lowest BCUT2D eigenvalue weighted by molar-refractivity contribution is -0.170. The van der Waals surface area contributed by atoms with Gasteiger partial charge in [-0.15, -0.1) is 0 Å². The van der Waals surface area contributed by atoms with E-state index in [1.54, 1.807) is 12.3 Å². The van der Waals surface area contributed by atoms with Gasteiger partial charge in [-0.05, 0) is 37.8 Å². The number of imidazole rings is 1. The Kier molecular flexibility index (Phi) is 12.1. The first kappa shape index (κ1) is 32.4. The second-order valence-electron chi connectivity index (χ2n) is 10.0. The fourth-order valence-electron chi connectivity index (χ4n) is 4.56. The van der Waals surface area contributed by atoms with Crippen LogP contribution in [-0.4, -0.2) is 81.3 Å². The van der Waals surface area contributed by atoms with Crippen molar-refractivity contribution in [3.63, 3.8) is 0 Å². The summed E-state index contributed by atoms with van der Waals surface area (Å²) in [6, 6.07) is 9.06. The van der Waals surface area contributed by atoms with Crippen molar-refractivity contribution >= 4 is 17.9 Å². The minimum absolute atomic E-state index is 0.00927. The third-order valence-corrected chi connectivity index (χ3v) is 6.65. The Morgan fingerprint density at radius 3 is 2.38 bits per heavy atom. The van der Waals surface area contributed by atoms with E-state index in [0.29, 0.717) is 13.1 Å². The average Bonchev–Trinajstić information content (AvgIpc) is 3.62. The van der Waals surface area contributed by atoms with Crippen LogP contribution in [0.15, 0.2) is 55.2 Å². The van der Waals surface area contributed by atoms with Crippen LogP contribution < -0.4 is 0 Å². The normalized spacial score (nSPS) is 15.2. The number of aliphatic carboxylic acids is 3. The van der Waals surface area contributed by atoms with E-state index in [1.165, 1.54) is 6.07 Å². The summed E-state index contributed by atoms with van der Waals surface area (Å²) in [5.74, 6) is -5.18. The van der Waals surface area contributed by atoms with Crippen LogP contribution >= 0.6 is 0 Å². The van der Waals surface area contributed by atoms with E-state index in [1.807, 2.05) is 41.6 Å². The highest BCUT2D eigenvalue weighted by atomic mass is 19.1. The topological polar surface area (TPSA) is 180 Å². The van der Waals surface area contributed by atoms with Gasteiger partial charge in [0.1, 0.15) is 5.82 Å². The number of hydrogen-bond donors (Lipinski definition) is 4. The molecule has 1 unspecified atom stereocenters. The van der Waals surface area contributed by atoms with Crippen molar-refractivity contribution < 1.29 is 43.9 Å². The summed E-state index contributed by atoms with van der Waals surface area (Å²) in [6.45, 7) is 3.79. The van der Waals surface area contributed by atoms with Crippen LogP contribution in [0.2, 0.25) is 0 Å². The van der Waals surface area contributed by atoms with Crippen LogP contribution in [0.25, 0.3) is 0 Å². The number of carbonyl (C=O) groups is 3. The van der Waals surface area contributed by atoms with Crippen molar-refractivity contribution in [2.75, 3.05) is 13.2 Å². The molecule has 42 heavy (non-hydrogen) atoms. The molecule has 0 amide bonds. The quantitative estimate of drug-likeness (QED) is 0.217. The maximum Gasteiger partial charge on any atom is 0.336 e. The lowest BCUT2D eigenvalue weighted by atomic mass is 9.96. The van der Waals surface area contributed by atoms with Crippen molar-refractivity contribution in [1.29, 1.82) is 0 Å². The summed E-state index contributed by atoms with van der Waals surface area (Å²) < 4.78 is 24.3. The molecule has 14 heteroatoms. The van der Waals surface area contributed by atoms with Gasteiger partial charge in [0.25, 0.3) is 0 Å². The van der Waals surface area contributed by atoms with Crippen LogP contribution in [0.3, 0.4) is 0 Å². The van der Waals surface area contributed by atoms with Gasteiger partial charge in [0.2, 0.25) is 0 Å². The predicted molar refractivity (Wildman–Crippen MR) is 146 cm³/mol. The highest BCUT2D eigenvalue weighted by Gasteiger charge is 2.40. The van der Waals surface area contributed by atoms with Crippen molar-refractivity contribution in [3.05, 3.63) is 72.3 Å². The molecule has 3 heterocycles. The number of carboxylic acids is 3. The molecule has 228 valence electrons. The number of aliphatic hydroxyl groups is 1. The van der Waals surface area contributed by atoms with Crippen molar-refractivity contribution in [2.24, 2.45) is 0 Å². The molecule has 1 aliphatic rings. The molecule has 0 spiro atoms. The Bertz CT molecular complexity index is 1280. The van der Waals surface area contributed by atoms with Gasteiger partial charge in [0, 0.05) is 56.9 Å². The molecule has 0 radical (unpaired) electrons. The Labute approximate surface area is 241 Å². The van der Waals surface area contributed by atoms with Gasteiger partial charge < -0.3 is 29.7 Å². The first-order chi connectivity index (χ1) is 20.1. The second-order valence-corrected chi connectivity index (χ2v) is 10.0. The molecule has 4 rings (SSSR count). The molecular formula is C28H36FN5O8. The lowest BCUT2D eigenvalue weighted by Gasteiger charge is -2.27. The Balaban J connectivity index is 0.000000316. The molecule has 13 nitrogen and oxygen atoms in total. The van der Waals surface area contributed by atoms with Crippen LogP contribution in [0, 0.1) is 5.82 Å². The Morgan fingerprint density at radius 2 is 1.79 bits per heavy atom. The first-order valence-electron chi connectivity index (χ1n) is 13.5. The number of aryl methyl sites for hydroxylation is 1. The zero-order valence-corrected chi connectivity index (χ0v) is 23.1. The van der Waals surface area contributed by atoms with E-state index in [9.17, 15) is 18.8 Å². The van der Waals surface area contributed by atoms with E-state index in [0.717, 1.165) is 56.6 Å². The third kappa shape index (κ3) is 10.0. The third-order valence-electron chi connectivity index (χ3n) is 6.65. The van der Waals surface area contributed by atoms with Gasteiger partial charge in [-0.1, -0.05) is 18.2 Å². The fraction of sp³-hybridized carbons (Fsp3) is 0.464. The minimum atomic E-state index is -2.74. The summed E-state index contributed by atoms with van der Waals surface area (Å²) >= 11 is 0. The van der Waals surface area contributed by atoms with E-state index < -0.39 is 36.4 Å². The molecular weight excluding hydrogens is 553 g/mol. The molecule has 3 aromatic rings. The number of halogens is 1. The van der Waals surface area contributed by atoms with E-state index in [2.05, 4.69) is 19.5 Å². The van der Waals surface area contributed by atoms with Crippen molar-refractivity contribution in [3.8, 4) is 0 Å². The van der Waals surface area contributed by atoms with Gasteiger partial charge in [0.05, 0.1) is 24.9 Å². The molecule has 1 atom stereocenters. The standard InChI is InChI=1S/C22H28FN5O.C6H8O7/c23-21-7-2-1-6-19(21)16-27(13-5-12-26-14-11-24-18-26)17-20-9-10-25-28(20)22-8-3-4-15-29-22;7-3(8)1-6(13,5(11)12)2-4(9)10/h1-2,6-7,9-11,14,18,22H,3-5,8,12-13,15-17H2;13H,1-2H2,(H,7,8)(H,9,10)(H,11,12). The van der Waals surface area contributed by atoms with Gasteiger partial charge in [-0.2, -0.15) is 5.10 Å². The number of aromatic nitrogens is 4. The van der Waals surface area contributed by atoms with E-state index in [-0.39, 0.29) is 12.0 Å². The molecule has 0 saturated carbocycles. The van der Waals surface area contributed by atoms with Crippen molar-refractivity contribution in [2.45, 2.75) is 70.0 Å². The van der Waals surface area contributed by atoms with Crippen LogP contribution in [0.1, 0.15) is 56.0 Å². The smallest absolute Gasteiger partial charge is 0.336 e. The number of hydrogen-bond acceptors (Lipinski definition) is 8. The van der Waals surface area contributed by atoms with Gasteiger partial charge >= 0.3 is 17.9 Å². The maximum absolute atomic E-state index is 14.3. The molecule has 1 saturated heterocycles. The first-order valence-corrected chi connectivity index (χ1v) is 13.5. The lowest BCUT2D eigenvalue weighted by Crippen LogP contribution is -2.42. The Hall–Kier alpha value is -4.14. The van der Waals surface area contributed by atoms with Crippen molar-refractivity contribution in [1.82, 2.24) is 24.2 Å². The van der Waals surface area contributed by atoms with Gasteiger partial charge in [-0.25, -0.2) is 18.9 Å². The highest BCUT2D eigenvalue weighted by molar-refractivity contribution is 5.88. The molecule has 1 aromatic carbocycles. The molecule has 0 aliphatic carbocycles. The second kappa shape index (κ2) is 15.7. The highest BCUT2D eigenvalue weighted by Crippen LogP contribution is 2.24. The van der Waals surface area contributed by atoms with Gasteiger partial charge in [0.15, 0.2) is 11.8 Å². The van der Waals surface area contributed by atoms with E-state index in [4.69, 9.17) is 25.2 Å². The number of carboxylic acid groups (broad SMARTS) is 3. The number of ether oxygens (including phenoxy) is 1. The predicted octanol–water partition coefficient (Wildman–Crippen LogP) is 2.76. The number of benzene rings is 1. The largest absolute Gasteiger partial charge is 0.481 e. The monoisotopic (exact) mass is 589 g/mol. The zero-order valence-electron chi connectivity index (χ0n) is 23.1. The average molecular weight is 590 g/mol. The van der Waals surface area contributed by atoms with Gasteiger partial charge in [-0.3, -0.25) is 14.5 Å². The maximum atomic E-state index is 14.3. The minimum Gasteiger partial charge on any atom is -0.481 e. The molecule has 4 N–H and O–H groups in total. The molecule has 0 bridgehead atoms. The molecule has 1 fully saturated rings. The summed E-state index contributed by atoms with van der Waals surface area (Å²) in [6.07, 6.45) is 9.36. The van der Waals surface area contributed by atoms with E-state index >= 15 is 0 Å². The molecule has 2 aromatic heterocycles. The summed E-state index contributed by atoms with van der Waals surface area (Å²) in [5.41, 5.74) is -0.913.